The van der Waals surface area contributed by atoms with Crippen LogP contribution in [0.4, 0.5) is 0 Å². The Hall–Kier alpha value is -2.40. The highest BCUT2D eigenvalue weighted by Crippen LogP contribution is 2.24. The van der Waals surface area contributed by atoms with Crippen LogP contribution < -0.4 is 0 Å². The lowest BCUT2D eigenvalue weighted by Crippen LogP contribution is -2.39. The molecule has 5 heteroatoms. The molecule has 154 valence electrons. The van der Waals surface area contributed by atoms with Crippen LogP contribution >= 0.6 is 0 Å². The molecular weight excluding hydrogens is 382 g/mol. The minimum absolute atomic E-state index is 0.0397. The lowest BCUT2D eigenvalue weighted by molar-refractivity contribution is -0.128. The highest BCUT2D eigenvalue weighted by molar-refractivity contribution is 7.91. The molecule has 3 rings (SSSR count). The Kier molecular flexibility index (Phi) is 6.27. The Balaban J connectivity index is 1.81. The molecule has 1 unspecified atom stereocenters. The van der Waals surface area contributed by atoms with Crippen molar-refractivity contribution >= 4 is 21.8 Å². The van der Waals surface area contributed by atoms with Crippen LogP contribution in [0.15, 0.2) is 60.7 Å². The molecule has 0 aliphatic carbocycles. The van der Waals surface area contributed by atoms with Gasteiger partial charge in [-0.2, -0.15) is 0 Å². The first-order valence-corrected chi connectivity index (χ1v) is 11.8. The molecule has 2 aromatic carbocycles. The maximum absolute atomic E-state index is 13.0. The fourth-order valence-corrected chi connectivity index (χ4v) is 5.27. The first-order valence-electron chi connectivity index (χ1n) is 9.98. The summed E-state index contributed by atoms with van der Waals surface area (Å²) in [5.41, 5.74) is 3.23. The van der Waals surface area contributed by atoms with E-state index in [0.717, 1.165) is 11.1 Å². The molecule has 0 aromatic heterocycles. The summed E-state index contributed by atoms with van der Waals surface area (Å²) >= 11 is 0. The topological polar surface area (TPSA) is 54.5 Å². The molecule has 4 nitrogen and oxygen atoms in total. The van der Waals surface area contributed by atoms with Crippen molar-refractivity contribution in [2.75, 3.05) is 11.5 Å². The van der Waals surface area contributed by atoms with E-state index in [-0.39, 0.29) is 28.9 Å². The van der Waals surface area contributed by atoms with Gasteiger partial charge in [-0.1, -0.05) is 75.4 Å². The summed E-state index contributed by atoms with van der Waals surface area (Å²) in [5, 5.41) is 0. The normalized spacial score (nSPS) is 18.8. The molecule has 0 radical (unpaired) electrons. The monoisotopic (exact) mass is 411 g/mol. The molecule has 1 fully saturated rings. The van der Waals surface area contributed by atoms with Crippen molar-refractivity contribution in [3.63, 3.8) is 0 Å². The fraction of sp³-hybridized carbons (Fsp3) is 0.375. The molecule has 0 saturated carbocycles. The van der Waals surface area contributed by atoms with Gasteiger partial charge < -0.3 is 4.90 Å². The van der Waals surface area contributed by atoms with Crippen LogP contribution in [0.3, 0.4) is 0 Å². The average Bonchev–Trinajstić information content (AvgIpc) is 3.04. The van der Waals surface area contributed by atoms with E-state index in [1.54, 1.807) is 17.1 Å². The quantitative estimate of drug-likeness (QED) is 0.693. The van der Waals surface area contributed by atoms with Crippen LogP contribution in [0.5, 0.6) is 0 Å². The molecule has 0 bridgehead atoms. The lowest BCUT2D eigenvalue weighted by Gasteiger charge is -2.28. The number of nitrogens with zero attached hydrogens (tertiary/aromatic N) is 1. The molecule has 0 spiro atoms. The molecule has 1 amide bonds. The summed E-state index contributed by atoms with van der Waals surface area (Å²) in [7, 11) is -3.08. The molecule has 1 aliphatic heterocycles. The van der Waals surface area contributed by atoms with Crippen LogP contribution in [0.1, 0.15) is 43.9 Å². The van der Waals surface area contributed by atoms with Crippen molar-refractivity contribution < 1.29 is 13.2 Å². The smallest absolute Gasteiger partial charge is 0.247 e. The first-order chi connectivity index (χ1) is 13.6. The highest BCUT2D eigenvalue weighted by atomic mass is 32.2. The van der Waals surface area contributed by atoms with Crippen molar-refractivity contribution in [3.8, 4) is 0 Å². The summed E-state index contributed by atoms with van der Waals surface area (Å²) in [4.78, 5) is 14.7. The Morgan fingerprint density at radius 1 is 1.07 bits per heavy atom. The standard InChI is InChI=1S/C24H29NO3S/c1-24(2,3)21-12-9-20(10-13-21)17-25(22-15-16-29(27,28)18-22)23(26)14-11-19-7-5-4-6-8-19/h4-14,22H,15-18H2,1-3H3/b14-11+. The third-order valence-corrected chi connectivity index (χ3v) is 7.07. The SMILES string of the molecule is CC(C)(C)c1ccc(CN(C(=O)/C=C/c2ccccc2)C2CCS(=O)(=O)C2)cc1. The Morgan fingerprint density at radius 2 is 1.72 bits per heavy atom. The van der Waals surface area contributed by atoms with Gasteiger partial charge in [-0.25, -0.2) is 8.42 Å². The van der Waals surface area contributed by atoms with Gasteiger partial charge in [0, 0.05) is 18.7 Å². The number of amides is 1. The van der Waals surface area contributed by atoms with E-state index in [0.29, 0.717) is 13.0 Å². The number of hydrogen-bond donors (Lipinski definition) is 0. The predicted octanol–water partition coefficient (Wildman–Crippen LogP) is 4.21. The van der Waals surface area contributed by atoms with Gasteiger partial charge >= 0.3 is 0 Å². The van der Waals surface area contributed by atoms with Gasteiger partial charge in [0.2, 0.25) is 5.91 Å². The zero-order valence-corrected chi connectivity index (χ0v) is 18.2. The van der Waals surface area contributed by atoms with Crippen molar-refractivity contribution in [1.29, 1.82) is 0 Å². The predicted molar refractivity (Wildman–Crippen MR) is 118 cm³/mol. The summed E-state index contributed by atoms with van der Waals surface area (Å²) in [6.07, 6.45) is 3.82. The van der Waals surface area contributed by atoms with Crippen LogP contribution in [-0.4, -0.2) is 36.8 Å². The van der Waals surface area contributed by atoms with E-state index in [1.807, 2.05) is 42.5 Å². The van der Waals surface area contributed by atoms with E-state index in [1.165, 1.54) is 5.56 Å². The first kappa shape index (κ1) is 21.3. The number of hydrogen-bond acceptors (Lipinski definition) is 3. The van der Waals surface area contributed by atoms with E-state index < -0.39 is 9.84 Å². The Bertz CT molecular complexity index is 971. The van der Waals surface area contributed by atoms with Gasteiger partial charge in [-0.05, 0) is 34.6 Å². The van der Waals surface area contributed by atoms with Gasteiger partial charge in [0.15, 0.2) is 9.84 Å². The van der Waals surface area contributed by atoms with Crippen LogP contribution in [0.25, 0.3) is 6.08 Å². The highest BCUT2D eigenvalue weighted by Gasteiger charge is 2.34. The van der Waals surface area contributed by atoms with Gasteiger partial charge in [-0.15, -0.1) is 0 Å². The molecule has 1 saturated heterocycles. The Labute approximate surface area is 174 Å². The molecule has 2 aromatic rings. The second-order valence-corrected chi connectivity index (χ2v) is 10.9. The second kappa shape index (κ2) is 8.54. The number of benzene rings is 2. The third kappa shape index (κ3) is 5.80. The molecule has 1 atom stereocenters. The second-order valence-electron chi connectivity index (χ2n) is 8.71. The fourth-order valence-electron chi connectivity index (χ4n) is 3.54. The molecular formula is C24H29NO3S. The number of carbonyl (C=O) groups is 1. The van der Waals surface area contributed by atoms with E-state index in [9.17, 15) is 13.2 Å². The molecule has 0 N–H and O–H groups in total. The van der Waals surface area contributed by atoms with Crippen molar-refractivity contribution in [3.05, 3.63) is 77.4 Å². The largest absolute Gasteiger partial charge is 0.331 e. The number of sulfone groups is 1. The van der Waals surface area contributed by atoms with Crippen LogP contribution in [0, 0.1) is 0 Å². The van der Waals surface area contributed by atoms with Gasteiger partial charge in [0.05, 0.1) is 11.5 Å². The lowest BCUT2D eigenvalue weighted by atomic mass is 9.86. The summed E-state index contributed by atoms with van der Waals surface area (Å²) < 4.78 is 24.0. The molecule has 29 heavy (non-hydrogen) atoms. The van der Waals surface area contributed by atoms with Crippen molar-refractivity contribution in [1.82, 2.24) is 4.90 Å². The van der Waals surface area contributed by atoms with Crippen LogP contribution in [-0.2, 0) is 26.6 Å². The van der Waals surface area contributed by atoms with Crippen molar-refractivity contribution in [2.45, 2.75) is 45.2 Å². The maximum Gasteiger partial charge on any atom is 0.247 e. The third-order valence-electron chi connectivity index (χ3n) is 5.32. The van der Waals surface area contributed by atoms with Gasteiger partial charge in [0.25, 0.3) is 0 Å². The summed E-state index contributed by atoms with van der Waals surface area (Å²) in [6.45, 7) is 6.89. The zero-order valence-electron chi connectivity index (χ0n) is 17.3. The van der Waals surface area contributed by atoms with Gasteiger partial charge in [0.1, 0.15) is 0 Å². The minimum atomic E-state index is -3.08. The van der Waals surface area contributed by atoms with E-state index >= 15 is 0 Å². The minimum Gasteiger partial charge on any atom is -0.331 e. The van der Waals surface area contributed by atoms with Crippen molar-refractivity contribution in [2.24, 2.45) is 0 Å². The molecule has 1 aliphatic rings. The van der Waals surface area contributed by atoms with Gasteiger partial charge in [-0.3, -0.25) is 4.79 Å². The van der Waals surface area contributed by atoms with E-state index in [4.69, 9.17) is 0 Å². The molecule has 1 heterocycles. The summed E-state index contributed by atoms with van der Waals surface area (Å²) in [6, 6.07) is 17.6. The maximum atomic E-state index is 13.0. The van der Waals surface area contributed by atoms with E-state index in [2.05, 4.69) is 32.9 Å². The number of carbonyl (C=O) groups excluding carboxylic acids is 1. The number of rotatable bonds is 5. The zero-order chi connectivity index (χ0) is 21.1. The Morgan fingerprint density at radius 3 is 2.28 bits per heavy atom. The average molecular weight is 412 g/mol. The summed E-state index contributed by atoms with van der Waals surface area (Å²) in [5.74, 6) is 0.0287. The van der Waals surface area contributed by atoms with Crippen LogP contribution in [0.2, 0.25) is 0 Å².